The van der Waals surface area contributed by atoms with Crippen LogP contribution in [-0.2, 0) is 19.1 Å². The third kappa shape index (κ3) is 5.06. The Morgan fingerprint density at radius 1 is 1.21 bits per heavy atom. The number of carbonyl (C=O) groups excluding carboxylic acids is 3. The highest BCUT2D eigenvalue weighted by Gasteiger charge is 2.36. The number of hydrogen-bond acceptors (Lipinski definition) is 5. The fraction of sp³-hybridized carbons (Fsp3) is 0.286. The van der Waals surface area contributed by atoms with Crippen molar-refractivity contribution in [3.8, 4) is 5.75 Å². The van der Waals surface area contributed by atoms with E-state index in [0.29, 0.717) is 16.5 Å². The van der Waals surface area contributed by atoms with Gasteiger partial charge >= 0.3 is 5.97 Å². The number of nitrogens with one attached hydrogen (secondary N) is 1. The molecule has 1 N–H and O–H groups in total. The van der Waals surface area contributed by atoms with E-state index in [-0.39, 0.29) is 18.9 Å². The summed E-state index contributed by atoms with van der Waals surface area (Å²) < 4.78 is 10.1. The number of rotatable bonds is 6. The fourth-order valence-electron chi connectivity index (χ4n) is 3.04. The second-order valence-corrected chi connectivity index (χ2v) is 7.15. The Balaban J connectivity index is 1.51. The fourth-order valence-corrected chi connectivity index (χ4v) is 3.29. The van der Waals surface area contributed by atoms with Crippen molar-refractivity contribution >= 4 is 40.8 Å². The van der Waals surface area contributed by atoms with Crippen LogP contribution in [0.5, 0.6) is 5.75 Å². The van der Waals surface area contributed by atoms with Crippen molar-refractivity contribution < 1.29 is 23.9 Å². The van der Waals surface area contributed by atoms with Gasteiger partial charge < -0.3 is 19.7 Å². The summed E-state index contributed by atoms with van der Waals surface area (Å²) in [4.78, 5) is 38.2. The van der Waals surface area contributed by atoms with Crippen LogP contribution in [-0.4, -0.2) is 38.0 Å². The zero-order valence-electron chi connectivity index (χ0n) is 16.1. The molecule has 1 saturated heterocycles. The average molecular weight is 417 g/mol. The summed E-state index contributed by atoms with van der Waals surface area (Å²) >= 11 is 6.01. The number of hydrogen-bond donors (Lipinski definition) is 1. The summed E-state index contributed by atoms with van der Waals surface area (Å²) in [5, 5.41) is 2.95. The van der Waals surface area contributed by atoms with Crippen LogP contribution >= 0.6 is 11.6 Å². The van der Waals surface area contributed by atoms with Crippen molar-refractivity contribution in [2.45, 2.75) is 13.3 Å². The molecular formula is C21H21ClN2O5. The summed E-state index contributed by atoms with van der Waals surface area (Å²) in [7, 11) is 1.49. The number of benzene rings is 2. The third-order valence-electron chi connectivity index (χ3n) is 4.59. The van der Waals surface area contributed by atoms with Crippen LogP contribution in [0.2, 0.25) is 5.02 Å². The topological polar surface area (TPSA) is 84.9 Å². The maximum Gasteiger partial charge on any atom is 0.311 e. The number of halogens is 1. The number of ether oxygens (including phenoxy) is 2. The van der Waals surface area contributed by atoms with Crippen LogP contribution < -0.4 is 15.0 Å². The van der Waals surface area contributed by atoms with Gasteiger partial charge in [0, 0.05) is 24.3 Å². The maximum atomic E-state index is 12.3. The number of carbonyl (C=O) groups is 3. The summed E-state index contributed by atoms with van der Waals surface area (Å²) in [5.74, 6) is -1.34. The molecule has 0 bridgehead atoms. The maximum absolute atomic E-state index is 12.3. The van der Waals surface area contributed by atoms with E-state index in [1.807, 2.05) is 31.2 Å². The Morgan fingerprint density at radius 2 is 1.93 bits per heavy atom. The first-order valence-electron chi connectivity index (χ1n) is 9.04. The zero-order chi connectivity index (χ0) is 21.0. The van der Waals surface area contributed by atoms with Gasteiger partial charge in [0.25, 0.3) is 5.91 Å². The summed E-state index contributed by atoms with van der Waals surface area (Å²) in [6, 6.07) is 12.3. The van der Waals surface area contributed by atoms with Gasteiger partial charge in [-0.25, -0.2) is 0 Å². The van der Waals surface area contributed by atoms with Crippen molar-refractivity contribution in [2.24, 2.45) is 5.92 Å². The van der Waals surface area contributed by atoms with E-state index in [9.17, 15) is 14.4 Å². The van der Waals surface area contributed by atoms with Crippen molar-refractivity contribution in [1.29, 1.82) is 0 Å². The normalized spacial score (nSPS) is 15.9. The lowest BCUT2D eigenvalue weighted by Gasteiger charge is -2.16. The van der Waals surface area contributed by atoms with E-state index in [1.54, 1.807) is 17.0 Å². The highest BCUT2D eigenvalue weighted by Crippen LogP contribution is 2.28. The van der Waals surface area contributed by atoms with Gasteiger partial charge in [-0.2, -0.15) is 0 Å². The molecule has 1 heterocycles. The van der Waals surface area contributed by atoms with E-state index in [2.05, 4.69) is 5.32 Å². The molecule has 2 aromatic rings. The molecule has 0 aromatic heterocycles. The van der Waals surface area contributed by atoms with Crippen molar-refractivity contribution in [3.05, 3.63) is 53.1 Å². The number of aryl methyl sites for hydroxylation is 1. The van der Waals surface area contributed by atoms with Gasteiger partial charge in [-0.3, -0.25) is 14.4 Å². The Hall–Kier alpha value is -3.06. The monoisotopic (exact) mass is 416 g/mol. The lowest BCUT2D eigenvalue weighted by Crippen LogP contribution is -2.28. The quantitative estimate of drug-likeness (QED) is 0.731. The molecule has 7 nitrogen and oxygen atoms in total. The van der Waals surface area contributed by atoms with Gasteiger partial charge in [-0.05, 0) is 37.3 Å². The Kier molecular flexibility index (Phi) is 6.39. The molecule has 0 unspecified atom stereocenters. The lowest BCUT2D eigenvalue weighted by atomic mass is 10.1. The Morgan fingerprint density at radius 3 is 2.59 bits per heavy atom. The largest absolute Gasteiger partial charge is 0.495 e. The van der Waals surface area contributed by atoms with Crippen molar-refractivity contribution in [3.63, 3.8) is 0 Å². The minimum Gasteiger partial charge on any atom is -0.495 e. The van der Waals surface area contributed by atoms with E-state index >= 15 is 0 Å². The van der Waals surface area contributed by atoms with Crippen molar-refractivity contribution in [2.75, 3.05) is 30.5 Å². The number of esters is 1. The number of nitrogens with zero attached hydrogens (tertiary/aromatic N) is 1. The van der Waals surface area contributed by atoms with Crippen molar-refractivity contribution in [1.82, 2.24) is 0 Å². The lowest BCUT2D eigenvalue weighted by molar-refractivity contribution is -0.151. The SMILES string of the molecule is COc1ccc(NC(=O)COC(=O)[C@@H]2CC(=O)N(c3ccc(C)cc3)C2)cc1Cl. The average Bonchev–Trinajstić information content (AvgIpc) is 3.08. The highest BCUT2D eigenvalue weighted by molar-refractivity contribution is 6.32. The molecule has 3 rings (SSSR count). The van der Waals surface area contributed by atoms with Crippen LogP contribution in [0, 0.1) is 12.8 Å². The van der Waals surface area contributed by atoms with Crippen LogP contribution in [0.3, 0.4) is 0 Å². The van der Waals surface area contributed by atoms with Gasteiger partial charge in [0.1, 0.15) is 5.75 Å². The molecule has 29 heavy (non-hydrogen) atoms. The molecule has 1 aliphatic heterocycles. The molecule has 0 spiro atoms. The molecule has 152 valence electrons. The first-order valence-corrected chi connectivity index (χ1v) is 9.42. The van der Waals surface area contributed by atoms with Crippen LogP contribution in [0.4, 0.5) is 11.4 Å². The van der Waals surface area contributed by atoms with E-state index in [4.69, 9.17) is 21.1 Å². The number of methoxy groups -OCH3 is 1. The predicted molar refractivity (Wildman–Crippen MR) is 109 cm³/mol. The van der Waals surface area contributed by atoms with E-state index < -0.39 is 24.4 Å². The summed E-state index contributed by atoms with van der Waals surface area (Å²) in [6.07, 6.45) is 0.0580. The van der Waals surface area contributed by atoms with Gasteiger partial charge in [-0.15, -0.1) is 0 Å². The second kappa shape index (κ2) is 8.96. The molecule has 1 fully saturated rings. The van der Waals surface area contributed by atoms with E-state index in [0.717, 1.165) is 11.3 Å². The minimum absolute atomic E-state index is 0.0580. The molecule has 2 aromatic carbocycles. The molecular weight excluding hydrogens is 396 g/mol. The van der Waals surface area contributed by atoms with Crippen LogP contribution in [0.15, 0.2) is 42.5 Å². The van der Waals surface area contributed by atoms with Crippen LogP contribution in [0.25, 0.3) is 0 Å². The third-order valence-corrected chi connectivity index (χ3v) is 4.88. The molecule has 2 amide bonds. The molecule has 0 aliphatic carbocycles. The Labute approximate surface area is 173 Å². The summed E-state index contributed by atoms with van der Waals surface area (Å²) in [6.45, 7) is 1.74. The number of anilines is 2. The van der Waals surface area contributed by atoms with E-state index in [1.165, 1.54) is 13.2 Å². The molecule has 1 atom stereocenters. The molecule has 0 radical (unpaired) electrons. The number of amides is 2. The van der Waals surface area contributed by atoms with Gasteiger partial charge in [-0.1, -0.05) is 29.3 Å². The van der Waals surface area contributed by atoms with Crippen LogP contribution in [0.1, 0.15) is 12.0 Å². The molecule has 8 heteroatoms. The second-order valence-electron chi connectivity index (χ2n) is 6.75. The Bertz CT molecular complexity index is 929. The smallest absolute Gasteiger partial charge is 0.311 e. The summed E-state index contributed by atoms with van der Waals surface area (Å²) in [5.41, 5.74) is 2.28. The van der Waals surface area contributed by atoms with Gasteiger partial charge in [0.2, 0.25) is 5.91 Å². The minimum atomic E-state index is -0.605. The molecule has 1 aliphatic rings. The van der Waals surface area contributed by atoms with Gasteiger partial charge in [0.05, 0.1) is 18.1 Å². The zero-order valence-corrected chi connectivity index (χ0v) is 16.9. The highest BCUT2D eigenvalue weighted by atomic mass is 35.5. The first kappa shape index (κ1) is 20.7. The van der Waals surface area contributed by atoms with Gasteiger partial charge in [0.15, 0.2) is 6.61 Å². The molecule has 0 saturated carbocycles. The standard InChI is InChI=1S/C21H21ClN2O5/c1-13-3-6-16(7-4-13)24-11-14(9-20(24)26)21(27)29-12-19(25)23-15-5-8-18(28-2)17(22)10-15/h3-8,10,14H,9,11-12H2,1-2H3,(H,23,25)/t14-/m1/s1. The first-order chi connectivity index (χ1) is 13.9. The predicted octanol–water partition coefficient (Wildman–Crippen LogP) is 3.19.